The average Bonchev–Trinajstić information content (AvgIpc) is 2.92. The van der Waals surface area contributed by atoms with Gasteiger partial charge in [-0.3, -0.25) is 13.9 Å². The van der Waals surface area contributed by atoms with Gasteiger partial charge in [0.15, 0.2) is 0 Å². The minimum absolute atomic E-state index is 0.0185. The molecule has 0 saturated carbocycles. The van der Waals surface area contributed by atoms with Crippen LogP contribution in [0.3, 0.4) is 0 Å². The number of carbonyl (C=O) groups is 2. The van der Waals surface area contributed by atoms with Crippen molar-refractivity contribution in [2.24, 2.45) is 0 Å². The highest BCUT2D eigenvalue weighted by Gasteiger charge is 2.33. The van der Waals surface area contributed by atoms with Gasteiger partial charge in [0.1, 0.15) is 12.6 Å². The van der Waals surface area contributed by atoms with Crippen molar-refractivity contribution in [1.82, 2.24) is 10.2 Å². The first-order valence-corrected chi connectivity index (χ1v) is 15.4. The second-order valence-corrected chi connectivity index (χ2v) is 12.4. The van der Waals surface area contributed by atoms with Gasteiger partial charge in [-0.25, -0.2) is 8.42 Å². The van der Waals surface area contributed by atoms with E-state index in [1.54, 1.807) is 43.3 Å². The van der Waals surface area contributed by atoms with Crippen molar-refractivity contribution in [1.29, 1.82) is 0 Å². The molecule has 0 aliphatic heterocycles. The first kappa shape index (κ1) is 31.7. The lowest BCUT2D eigenvalue weighted by atomic mass is 10.1. The van der Waals surface area contributed by atoms with E-state index in [0.29, 0.717) is 39.3 Å². The normalized spacial score (nSPS) is 12.1. The SMILES string of the molecule is CCCNC(=O)[C@H](CC)N(Cc1ccc(Cl)c(Cl)c1)C(=O)CN(c1cccc(C)c1)S(=O)(=O)c1ccc(Cl)cc1. The first-order valence-electron chi connectivity index (χ1n) is 12.8. The van der Waals surface area contributed by atoms with Crippen LogP contribution in [0.25, 0.3) is 0 Å². The van der Waals surface area contributed by atoms with E-state index < -0.39 is 28.5 Å². The Kier molecular flexibility index (Phi) is 11.3. The van der Waals surface area contributed by atoms with Crippen LogP contribution in [0, 0.1) is 6.92 Å². The van der Waals surface area contributed by atoms with Gasteiger partial charge in [0.05, 0.1) is 20.6 Å². The van der Waals surface area contributed by atoms with Crippen molar-refractivity contribution in [2.75, 3.05) is 17.4 Å². The Morgan fingerprint density at radius 1 is 0.925 bits per heavy atom. The third kappa shape index (κ3) is 7.91. The molecular weight excluding hydrogens is 593 g/mol. The smallest absolute Gasteiger partial charge is 0.264 e. The van der Waals surface area contributed by atoms with Crippen molar-refractivity contribution in [3.05, 3.63) is 92.9 Å². The summed E-state index contributed by atoms with van der Waals surface area (Å²) in [5, 5.41) is 3.90. The van der Waals surface area contributed by atoms with Crippen LogP contribution in [0.15, 0.2) is 71.6 Å². The Morgan fingerprint density at radius 2 is 1.62 bits per heavy atom. The van der Waals surface area contributed by atoms with Crippen molar-refractivity contribution < 1.29 is 18.0 Å². The average molecular weight is 625 g/mol. The van der Waals surface area contributed by atoms with Crippen LogP contribution in [0.4, 0.5) is 5.69 Å². The highest BCUT2D eigenvalue weighted by atomic mass is 35.5. The summed E-state index contributed by atoms with van der Waals surface area (Å²) in [6.07, 6.45) is 1.04. The largest absolute Gasteiger partial charge is 0.354 e. The lowest BCUT2D eigenvalue weighted by Gasteiger charge is -2.33. The van der Waals surface area contributed by atoms with E-state index >= 15 is 0 Å². The molecule has 3 aromatic rings. The van der Waals surface area contributed by atoms with Gasteiger partial charge in [-0.05, 0) is 79.4 Å². The van der Waals surface area contributed by atoms with Crippen LogP contribution in [0.1, 0.15) is 37.8 Å². The van der Waals surface area contributed by atoms with E-state index in [1.807, 2.05) is 19.9 Å². The number of aryl methyl sites for hydroxylation is 1. The zero-order valence-corrected chi connectivity index (χ0v) is 25.6. The fourth-order valence-electron chi connectivity index (χ4n) is 4.17. The molecule has 40 heavy (non-hydrogen) atoms. The Labute approximate surface area is 251 Å². The van der Waals surface area contributed by atoms with E-state index in [4.69, 9.17) is 34.8 Å². The number of carbonyl (C=O) groups excluding carboxylic acids is 2. The molecule has 1 N–H and O–H groups in total. The fourth-order valence-corrected chi connectivity index (χ4v) is 6.02. The van der Waals surface area contributed by atoms with E-state index in [2.05, 4.69) is 5.32 Å². The number of hydrogen-bond donors (Lipinski definition) is 1. The summed E-state index contributed by atoms with van der Waals surface area (Å²) in [4.78, 5) is 28.6. The minimum atomic E-state index is -4.18. The van der Waals surface area contributed by atoms with Crippen molar-refractivity contribution in [3.63, 3.8) is 0 Å². The molecule has 0 fully saturated rings. The maximum absolute atomic E-state index is 14.0. The van der Waals surface area contributed by atoms with Crippen molar-refractivity contribution >= 4 is 62.3 Å². The second-order valence-electron chi connectivity index (χ2n) is 9.29. The molecule has 1 atom stereocenters. The van der Waals surface area contributed by atoms with Gasteiger partial charge >= 0.3 is 0 Å². The molecule has 3 rings (SSSR count). The number of anilines is 1. The third-order valence-corrected chi connectivity index (χ3v) is 9.02. The molecule has 3 aromatic carbocycles. The van der Waals surface area contributed by atoms with Gasteiger partial charge in [-0.2, -0.15) is 0 Å². The standard InChI is InChI=1S/C29H32Cl3N3O4S/c1-4-15-33-29(37)27(5-2)34(18-21-9-14-25(31)26(32)17-21)28(36)19-35(23-8-6-7-20(3)16-23)40(38,39)24-12-10-22(30)11-13-24/h6-14,16-17,27H,4-5,15,18-19H2,1-3H3,(H,33,37)/t27-/m0/s1. The number of sulfonamides is 1. The van der Waals surface area contributed by atoms with Crippen LogP contribution < -0.4 is 9.62 Å². The number of benzene rings is 3. The van der Waals surface area contributed by atoms with Gasteiger partial charge in [-0.1, -0.05) is 66.8 Å². The van der Waals surface area contributed by atoms with E-state index in [-0.39, 0.29) is 17.3 Å². The molecule has 0 saturated heterocycles. The second kappa shape index (κ2) is 14.2. The molecule has 0 bridgehead atoms. The van der Waals surface area contributed by atoms with Gasteiger partial charge in [0, 0.05) is 18.1 Å². The summed E-state index contributed by atoms with van der Waals surface area (Å²) in [5.74, 6) is -0.871. The van der Waals surface area contributed by atoms with Crippen molar-refractivity contribution in [2.45, 2.75) is 51.1 Å². The molecule has 0 unspecified atom stereocenters. The summed E-state index contributed by atoms with van der Waals surface area (Å²) < 4.78 is 28.8. The lowest BCUT2D eigenvalue weighted by Crippen LogP contribution is -2.52. The summed E-state index contributed by atoms with van der Waals surface area (Å²) in [6, 6.07) is 16.7. The third-order valence-electron chi connectivity index (χ3n) is 6.24. The summed E-state index contributed by atoms with van der Waals surface area (Å²) in [6.45, 7) is 5.50. The molecule has 214 valence electrons. The van der Waals surface area contributed by atoms with Crippen molar-refractivity contribution in [3.8, 4) is 0 Å². The molecule has 0 spiro atoms. The summed E-state index contributed by atoms with van der Waals surface area (Å²) in [7, 11) is -4.18. The number of amides is 2. The van der Waals surface area contributed by atoms with E-state index in [1.165, 1.54) is 29.2 Å². The predicted octanol–water partition coefficient (Wildman–Crippen LogP) is 6.48. The zero-order valence-electron chi connectivity index (χ0n) is 22.5. The van der Waals surface area contributed by atoms with Crippen LogP contribution in [-0.4, -0.2) is 44.3 Å². The number of rotatable bonds is 12. The monoisotopic (exact) mass is 623 g/mol. The molecular formula is C29H32Cl3N3O4S. The molecule has 0 radical (unpaired) electrons. The van der Waals surface area contributed by atoms with Crippen LogP contribution in [-0.2, 0) is 26.2 Å². The Balaban J connectivity index is 2.06. The molecule has 2 amide bonds. The molecule has 7 nitrogen and oxygen atoms in total. The molecule has 11 heteroatoms. The highest BCUT2D eigenvalue weighted by Crippen LogP contribution is 2.27. The van der Waals surface area contributed by atoms with Crippen LogP contribution in [0.5, 0.6) is 0 Å². The van der Waals surface area contributed by atoms with Gasteiger partial charge < -0.3 is 10.2 Å². The quantitative estimate of drug-likeness (QED) is 0.250. The molecule has 0 aliphatic rings. The maximum Gasteiger partial charge on any atom is 0.264 e. The van der Waals surface area contributed by atoms with E-state index in [9.17, 15) is 18.0 Å². The predicted molar refractivity (Wildman–Crippen MR) is 162 cm³/mol. The minimum Gasteiger partial charge on any atom is -0.354 e. The summed E-state index contributed by atoms with van der Waals surface area (Å²) >= 11 is 18.3. The van der Waals surface area contributed by atoms with Gasteiger partial charge in [0.2, 0.25) is 11.8 Å². The fraction of sp³-hybridized carbons (Fsp3) is 0.310. The zero-order chi connectivity index (χ0) is 29.4. The Morgan fingerprint density at radius 3 is 2.23 bits per heavy atom. The molecule has 0 aliphatic carbocycles. The topological polar surface area (TPSA) is 86.8 Å². The van der Waals surface area contributed by atoms with Gasteiger partial charge in [0.25, 0.3) is 10.0 Å². The van der Waals surface area contributed by atoms with Crippen LogP contribution in [0.2, 0.25) is 15.1 Å². The highest BCUT2D eigenvalue weighted by molar-refractivity contribution is 7.92. The Hall–Kier alpha value is -2.78. The first-order chi connectivity index (χ1) is 19.0. The number of halogens is 3. The molecule has 0 heterocycles. The lowest BCUT2D eigenvalue weighted by molar-refractivity contribution is -0.140. The summed E-state index contributed by atoms with van der Waals surface area (Å²) in [5.41, 5.74) is 1.78. The van der Waals surface area contributed by atoms with E-state index in [0.717, 1.165) is 16.3 Å². The number of nitrogens with one attached hydrogen (secondary N) is 1. The van der Waals surface area contributed by atoms with Gasteiger partial charge in [-0.15, -0.1) is 0 Å². The molecule has 0 aromatic heterocycles. The number of hydrogen-bond acceptors (Lipinski definition) is 4. The maximum atomic E-state index is 14.0. The Bertz CT molecular complexity index is 1450. The van der Waals surface area contributed by atoms with Crippen LogP contribution >= 0.6 is 34.8 Å². The number of nitrogens with zero attached hydrogens (tertiary/aromatic N) is 2.